The number of ether oxygens (including phenoxy) is 2. The maximum Gasteiger partial charge on any atom is 0.573 e. The van der Waals surface area contributed by atoms with Gasteiger partial charge in [-0.1, -0.05) is 0 Å². The maximum absolute atomic E-state index is 12.1. The highest BCUT2D eigenvalue weighted by Crippen LogP contribution is 2.30. The molecule has 1 saturated heterocycles. The van der Waals surface area contributed by atoms with Gasteiger partial charge in [0.1, 0.15) is 5.75 Å². The van der Waals surface area contributed by atoms with Crippen LogP contribution in [0.5, 0.6) is 5.75 Å². The van der Waals surface area contributed by atoms with Crippen LogP contribution in [0.2, 0.25) is 0 Å². The first kappa shape index (κ1) is 17.9. The Hall–Kier alpha value is -1.48. The third kappa shape index (κ3) is 5.58. The summed E-state index contributed by atoms with van der Waals surface area (Å²) < 4.78 is 46.0. The predicted molar refractivity (Wildman–Crippen MR) is 81.4 cm³/mol. The number of nitrogens with one attached hydrogen (secondary N) is 2. The minimum absolute atomic E-state index is 0.0215. The minimum atomic E-state index is -4.76. The Bertz CT molecular complexity index is 563. The van der Waals surface area contributed by atoms with Gasteiger partial charge in [0.2, 0.25) is 0 Å². The lowest BCUT2D eigenvalue weighted by molar-refractivity contribution is -0.274. The predicted octanol–water partition coefficient (Wildman–Crippen LogP) is 4.04. The topological polar surface area (TPSA) is 59.6 Å². The van der Waals surface area contributed by atoms with E-state index in [1.165, 1.54) is 6.07 Å². The van der Waals surface area contributed by atoms with E-state index in [1.807, 2.05) is 6.92 Å². The molecule has 5 nitrogen and oxygen atoms in total. The van der Waals surface area contributed by atoms with Crippen molar-refractivity contribution in [2.45, 2.75) is 38.3 Å². The number of rotatable bonds is 4. The maximum atomic E-state index is 12.1. The summed E-state index contributed by atoms with van der Waals surface area (Å²) >= 11 is 3.10. The zero-order valence-corrected chi connectivity index (χ0v) is 13.8. The number of carbonyl (C=O) groups excluding carboxylic acids is 1. The summed E-state index contributed by atoms with van der Waals surface area (Å²) in [6.07, 6.45) is -2.94. The lowest BCUT2D eigenvalue weighted by atomic mass is 10.1. The van der Waals surface area contributed by atoms with E-state index in [0.29, 0.717) is 12.3 Å². The van der Waals surface area contributed by atoms with Crippen LogP contribution in [-0.4, -0.2) is 31.1 Å². The molecule has 0 aromatic heterocycles. The minimum Gasteiger partial charge on any atom is -0.406 e. The first-order valence-corrected chi connectivity index (χ1v) is 7.78. The molecule has 2 amide bonds. The molecule has 1 fully saturated rings. The first-order valence-electron chi connectivity index (χ1n) is 6.99. The Labute approximate surface area is 139 Å². The van der Waals surface area contributed by atoms with Gasteiger partial charge < -0.3 is 20.1 Å². The van der Waals surface area contributed by atoms with E-state index in [-0.39, 0.29) is 22.4 Å². The van der Waals surface area contributed by atoms with Gasteiger partial charge in [0.25, 0.3) is 0 Å². The fourth-order valence-corrected chi connectivity index (χ4v) is 2.71. The lowest BCUT2D eigenvalue weighted by Gasteiger charge is -2.20. The van der Waals surface area contributed by atoms with E-state index in [9.17, 15) is 18.0 Å². The van der Waals surface area contributed by atoms with Crippen LogP contribution in [0.1, 0.15) is 19.8 Å². The van der Waals surface area contributed by atoms with Gasteiger partial charge in [-0.2, -0.15) is 0 Å². The Morgan fingerprint density at radius 1 is 1.48 bits per heavy atom. The average Bonchev–Trinajstić information content (AvgIpc) is 2.94. The van der Waals surface area contributed by atoms with Gasteiger partial charge in [-0.15, -0.1) is 13.2 Å². The number of amides is 2. The Morgan fingerprint density at radius 2 is 2.22 bits per heavy atom. The zero-order chi connectivity index (χ0) is 17.0. The third-order valence-corrected chi connectivity index (χ3v) is 3.96. The van der Waals surface area contributed by atoms with Crippen molar-refractivity contribution in [2.75, 3.05) is 11.9 Å². The van der Waals surface area contributed by atoms with Crippen LogP contribution in [0, 0.1) is 0 Å². The van der Waals surface area contributed by atoms with Gasteiger partial charge in [-0.05, 0) is 53.9 Å². The molecule has 2 N–H and O–H groups in total. The summed E-state index contributed by atoms with van der Waals surface area (Å²) in [5.74, 6) is -0.372. The monoisotopic (exact) mass is 396 g/mol. The molecule has 2 atom stereocenters. The molecular formula is C14H16BrF3N2O3. The van der Waals surface area contributed by atoms with Crippen molar-refractivity contribution >= 4 is 27.6 Å². The molecular weight excluding hydrogens is 381 g/mol. The van der Waals surface area contributed by atoms with Crippen LogP contribution in [0.25, 0.3) is 0 Å². The van der Waals surface area contributed by atoms with E-state index < -0.39 is 12.4 Å². The van der Waals surface area contributed by atoms with Crippen LogP contribution in [-0.2, 0) is 4.74 Å². The molecule has 0 bridgehead atoms. The summed E-state index contributed by atoms with van der Waals surface area (Å²) in [7, 11) is 0. The third-order valence-electron chi connectivity index (χ3n) is 3.30. The van der Waals surface area contributed by atoms with E-state index in [1.54, 1.807) is 0 Å². The first-order chi connectivity index (χ1) is 10.7. The van der Waals surface area contributed by atoms with Crippen LogP contribution in [0.15, 0.2) is 22.7 Å². The smallest absolute Gasteiger partial charge is 0.406 e. The molecule has 1 aromatic carbocycles. The number of halogens is 4. The van der Waals surface area contributed by atoms with Crippen LogP contribution in [0.4, 0.5) is 23.7 Å². The number of anilines is 1. The average molecular weight is 397 g/mol. The molecule has 0 radical (unpaired) electrons. The number of carbonyl (C=O) groups is 1. The summed E-state index contributed by atoms with van der Waals surface area (Å²) in [6, 6.07) is 2.95. The molecule has 0 saturated carbocycles. The number of hydrogen-bond acceptors (Lipinski definition) is 3. The second kappa shape index (κ2) is 7.39. The molecule has 0 aliphatic carbocycles. The molecule has 1 heterocycles. The summed E-state index contributed by atoms with van der Waals surface area (Å²) in [5, 5.41) is 5.31. The Morgan fingerprint density at radius 3 is 2.78 bits per heavy atom. The van der Waals surface area contributed by atoms with Gasteiger partial charge >= 0.3 is 12.4 Å². The van der Waals surface area contributed by atoms with Crippen LogP contribution in [0.3, 0.4) is 0 Å². The highest BCUT2D eigenvalue weighted by Gasteiger charge is 2.31. The number of alkyl halides is 3. The highest BCUT2D eigenvalue weighted by molar-refractivity contribution is 9.10. The second-order valence-electron chi connectivity index (χ2n) is 5.13. The van der Waals surface area contributed by atoms with Gasteiger partial charge in [-0.3, -0.25) is 0 Å². The van der Waals surface area contributed by atoms with Crippen molar-refractivity contribution in [1.82, 2.24) is 5.32 Å². The van der Waals surface area contributed by atoms with Gasteiger partial charge in [0, 0.05) is 11.1 Å². The zero-order valence-electron chi connectivity index (χ0n) is 12.2. The summed E-state index contributed by atoms with van der Waals surface area (Å²) in [6.45, 7) is 2.52. The van der Waals surface area contributed by atoms with E-state index in [4.69, 9.17) is 4.74 Å². The fourth-order valence-electron chi connectivity index (χ4n) is 2.25. The quantitative estimate of drug-likeness (QED) is 0.807. The number of urea groups is 1. The number of hydrogen-bond donors (Lipinski definition) is 2. The van der Waals surface area contributed by atoms with Crippen LogP contribution < -0.4 is 15.4 Å². The molecule has 23 heavy (non-hydrogen) atoms. The molecule has 1 aliphatic heterocycles. The van der Waals surface area contributed by atoms with Gasteiger partial charge in [-0.25, -0.2) is 4.79 Å². The molecule has 1 aliphatic rings. The fraction of sp³-hybridized carbons (Fsp3) is 0.500. The Balaban J connectivity index is 1.92. The van der Waals surface area contributed by atoms with Gasteiger partial charge in [0.15, 0.2) is 0 Å². The lowest BCUT2D eigenvalue weighted by Crippen LogP contribution is -2.43. The largest absolute Gasteiger partial charge is 0.573 e. The van der Waals surface area contributed by atoms with Crippen molar-refractivity contribution in [3.05, 3.63) is 22.7 Å². The van der Waals surface area contributed by atoms with Gasteiger partial charge in [0.05, 0.1) is 17.8 Å². The van der Waals surface area contributed by atoms with Crippen molar-refractivity contribution < 1.29 is 27.4 Å². The molecule has 9 heteroatoms. The Kier molecular flexibility index (Phi) is 5.74. The molecule has 0 unspecified atom stereocenters. The molecule has 0 spiro atoms. The van der Waals surface area contributed by atoms with Crippen LogP contribution >= 0.6 is 15.9 Å². The van der Waals surface area contributed by atoms with E-state index in [0.717, 1.165) is 25.0 Å². The van der Waals surface area contributed by atoms with Crippen molar-refractivity contribution in [2.24, 2.45) is 0 Å². The molecule has 128 valence electrons. The van der Waals surface area contributed by atoms with E-state index in [2.05, 4.69) is 31.3 Å². The van der Waals surface area contributed by atoms with Crippen molar-refractivity contribution in [3.63, 3.8) is 0 Å². The standard InChI is InChI=1S/C14H16BrF3N2O3/c1-8(12-3-2-6-22-12)19-13(21)20-11-5-4-9(7-10(11)15)23-14(16,17)18/h4-5,7-8,12H,2-3,6H2,1H3,(H2,19,20,21)/t8-,12+/m0/s1. The summed E-state index contributed by atoms with van der Waals surface area (Å²) in [5.41, 5.74) is 0.330. The molecule has 2 rings (SSSR count). The highest BCUT2D eigenvalue weighted by atomic mass is 79.9. The summed E-state index contributed by atoms with van der Waals surface area (Å²) in [4.78, 5) is 11.9. The second-order valence-corrected chi connectivity index (χ2v) is 5.98. The number of benzene rings is 1. The van der Waals surface area contributed by atoms with Crippen molar-refractivity contribution in [3.8, 4) is 5.75 Å². The van der Waals surface area contributed by atoms with Crippen molar-refractivity contribution in [1.29, 1.82) is 0 Å². The SMILES string of the molecule is C[C@H](NC(=O)Nc1ccc(OC(F)(F)F)cc1Br)[C@H]1CCCO1. The normalized spacial score (nSPS) is 19.3. The molecule has 1 aromatic rings. The van der Waals surface area contributed by atoms with E-state index >= 15 is 0 Å².